The van der Waals surface area contributed by atoms with Crippen molar-refractivity contribution in [1.82, 2.24) is 25.0 Å². The van der Waals surface area contributed by atoms with Crippen LogP contribution in [0.5, 0.6) is 0 Å². The molecule has 1 N–H and O–H groups in total. The maximum Gasteiger partial charge on any atom is 0.140 e. The normalized spacial score (nSPS) is 25.5. The number of rotatable bonds is 5. The molecule has 1 aromatic heterocycles. The lowest BCUT2D eigenvalue weighted by atomic mass is 10.2. The predicted molar refractivity (Wildman–Crippen MR) is 67.0 cm³/mol. The highest BCUT2D eigenvalue weighted by Gasteiger charge is 2.27. The minimum atomic E-state index is 0.455. The van der Waals surface area contributed by atoms with Crippen LogP contribution in [-0.2, 0) is 18.3 Å². The number of ether oxygens (including phenoxy) is 1. The minimum Gasteiger partial charge on any atom is -0.378 e. The number of hydrogen-bond acceptors (Lipinski definition) is 5. The molecule has 18 heavy (non-hydrogen) atoms. The van der Waals surface area contributed by atoms with Crippen LogP contribution in [0.2, 0.25) is 0 Å². The number of nitrogens with one attached hydrogen (secondary N) is 1. The molecule has 100 valence electrons. The van der Waals surface area contributed by atoms with Gasteiger partial charge in [-0.05, 0) is 12.8 Å². The average Bonchev–Trinajstić information content (AvgIpc) is 3.13. The maximum absolute atomic E-state index is 5.59. The van der Waals surface area contributed by atoms with E-state index in [2.05, 4.69) is 20.3 Å². The summed E-state index contributed by atoms with van der Waals surface area (Å²) in [5.74, 6) is 1.02. The first kappa shape index (κ1) is 12.1. The SMILES string of the molecule is Cn1ncnc1CN1CCOCC1CNC1CC1. The van der Waals surface area contributed by atoms with E-state index < -0.39 is 0 Å². The number of morpholine rings is 1. The Labute approximate surface area is 107 Å². The molecule has 1 aliphatic heterocycles. The van der Waals surface area contributed by atoms with Crippen molar-refractivity contribution in [3.05, 3.63) is 12.2 Å². The summed E-state index contributed by atoms with van der Waals surface area (Å²) in [6, 6.07) is 1.21. The molecule has 0 spiro atoms. The van der Waals surface area contributed by atoms with E-state index in [9.17, 15) is 0 Å². The Kier molecular flexibility index (Phi) is 3.58. The molecule has 1 saturated carbocycles. The van der Waals surface area contributed by atoms with Crippen LogP contribution < -0.4 is 5.32 Å². The summed E-state index contributed by atoms with van der Waals surface area (Å²) in [6.45, 7) is 4.48. The van der Waals surface area contributed by atoms with E-state index in [-0.39, 0.29) is 0 Å². The van der Waals surface area contributed by atoms with Crippen LogP contribution in [0.1, 0.15) is 18.7 Å². The highest BCUT2D eigenvalue weighted by Crippen LogP contribution is 2.19. The van der Waals surface area contributed by atoms with E-state index >= 15 is 0 Å². The zero-order chi connectivity index (χ0) is 12.4. The van der Waals surface area contributed by atoms with E-state index in [4.69, 9.17) is 4.74 Å². The molecule has 1 unspecified atom stereocenters. The first-order chi connectivity index (χ1) is 8.83. The zero-order valence-corrected chi connectivity index (χ0v) is 10.9. The third kappa shape index (κ3) is 2.88. The molecule has 2 heterocycles. The third-order valence-electron chi connectivity index (χ3n) is 3.72. The van der Waals surface area contributed by atoms with Crippen molar-refractivity contribution in [3.63, 3.8) is 0 Å². The largest absolute Gasteiger partial charge is 0.378 e. The topological polar surface area (TPSA) is 55.2 Å². The van der Waals surface area contributed by atoms with Gasteiger partial charge < -0.3 is 10.1 Å². The van der Waals surface area contributed by atoms with Gasteiger partial charge in [0, 0.05) is 32.2 Å². The Balaban J connectivity index is 1.58. The molecule has 1 atom stereocenters. The van der Waals surface area contributed by atoms with Gasteiger partial charge >= 0.3 is 0 Å². The van der Waals surface area contributed by atoms with E-state index in [0.717, 1.165) is 44.7 Å². The van der Waals surface area contributed by atoms with Crippen LogP contribution in [0.15, 0.2) is 6.33 Å². The Morgan fingerprint density at radius 1 is 1.50 bits per heavy atom. The summed E-state index contributed by atoms with van der Waals surface area (Å²) in [6.07, 6.45) is 4.28. The summed E-state index contributed by atoms with van der Waals surface area (Å²) >= 11 is 0. The van der Waals surface area contributed by atoms with Gasteiger partial charge in [0.15, 0.2) is 0 Å². The molecule has 3 rings (SSSR count). The minimum absolute atomic E-state index is 0.455. The Morgan fingerprint density at radius 2 is 2.39 bits per heavy atom. The fourth-order valence-electron chi connectivity index (χ4n) is 2.32. The van der Waals surface area contributed by atoms with Gasteiger partial charge in [-0.3, -0.25) is 9.58 Å². The second-order valence-electron chi connectivity index (χ2n) is 5.18. The molecule has 0 bridgehead atoms. The lowest BCUT2D eigenvalue weighted by molar-refractivity contribution is -0.0125. The van der Waals surface area contributed by atoms with E-state index in [1.54, 1.807) is 6.33 Å². The Hall–Kier alpha value is -0.980. The number of hydrogen-bond donors (Lipinski definition) is 1. The van der Waals surface area contributed by atoms with Gasteiger partial charge in [-0.1, -0.05) is 0 Å². The van der Waals surface area contributed by atoms with Gasteiger partial charge in [0.1, 0.15) is 12.2 Å². The summed E-state index contributed by atoms with van der Waals surface area (Å²) in [5, 5.41) is 7.71. The van der Waals surface area contributed by atoms with Crippen molar-refractivity contribution in [1.29, 1.82) is 0 Å². The lowest BCUT2D eigenvalue weighted by Crippen LogP contribution is -2.50. The van der Waals surface area contributed by atoms with E-state index in [0.29, 0.717) is 6.04 Å². The summed E-state index contributed by atoms with van der Waals surface area (Å²) in [7, 11) is 1.94. The highest BCUT2D eigenvalue weighted by atomic mass is 16.5. The van der Waals surface area contributed by atoms with Gasteiger partial charge in [0.05, 0.1) is 19.8 Å². The van der Waals surface area contributed by atoms with Crippen molar-refractivity contribution < 1.29 is 4.74 Å². The number of aryl methyl sites for hydroxylation is 1. The molecule has 1 saturated heterocycles. The Morgan fingerprint density at radius 3 is 3.11 bits per heavy atom. The second kappa shape index (κ2) is 5.34. The van der Waals surface area contributed by atoms with Crippen LogP contribution in [0.4, 0.5) is 0 Å². The first-order valence-electron chi connectivity index (χ1n) is 6.71. The number of aromatic nitrogens is 3. The van der Waals surface area contributed by atoms with Crippen LogP contribution >= 0.6 is 0 Å². The molecule has 6 nitrogen and oxygen atoms in total. The fraction of sp³-hybridized carbons (Fsp3) is 0.833. The van der Waals surface area contributed by atoms with Crippen molar-refractivity contribution in [2.45, 2.75) is 31.5 Å². The highest BCUT2D eigenvalue weighted by molar-refractivity contribution is 4.89. The van der Waals surface area contributed by atoms with Gasteiger partial charge in [-0.2, -0.15) is 5.10 Å². The summed E-state index contributed by atoms with van der Waals surface area (Å²) in [4.78, 5) is 6.75. The molecule has 2 aliphatic rings. The first-order valence-corrected chi connectivity index (χ1v) is 6.71. The second-order valence-corrected chi connectivity index (χ2v) is 5.18. The van der Waals surface area contributed by atoms with Crippen LogP contribution in [-0.4, -0.2) is 58.1 Å². The molecule has 2 fully saturated rings. The standard InChI is InChI=1S/C12H21N5O/c1-16-12(14-9-15-16)7-17-4-5-18-8-11(17)6-13-10-2-3-10/h9-11,13H,2-8H2,1H3. The van der Waals surface area contributed by atoms with Crippen molar-refractivity contribution in [3.8, 4) is 0 Å². The molecule has 1 aromatic rings. The van der Waals surface area contributed by atoms with E-state index in [1.165, 1.54) is 12.8 Å². The zero-order valence-electron chi connectivity index (χ0n) is 10.9. The molecular weight excluding hydrogens is 230 g/mol. The number of nitrogens with zero attached hydrogens (tertiary/aromatic N) is 4. The van der Waals surface area contributed by atoms with E-state index in [1.807, 2.05) is 11.7 Å². The average molecular weight is 251 g/mol. The molecule has 1 aliphatic carbocycles. The van der Waals surface area contributed by atoms with Gasteiger partial charge in [0.2, 0.25) is 0 Å². The molecule has 6 heteroatoms. The molecule has 0 amide bonds. The summed E-state index contributed by atoms with van der Waals surface area (Å²) in [5.41, 5.74) is 0. The monoisotopic (exact) mass is 251 g/mol. The van der Waals surface area contributed by atoms with Crippen molar-refractivity contribution in [2.24, 2.45) is 7.05 Å². The van der Waals surface area contributed by atoms with Gasteiger partial charge in [-0.25, -0.2) is 4.98 Å². The van der Waals surface area contributed by atoms with Crippen LogP contribution in [0.25, 0.3) is 0 Å². The lowest BCUT2D eigenvalue weighted by Gasteiger charge is -2.35. The fourth-order valence-corrected chi connectivity index (χ4v) is 2.32. The maximum atomic E-state index is 5.59. The quantitative estimate of drug-likeness (QED) is 0.783. The van der Waals surface area contributed by atoms with Gasteiger partial charge in [0.25, 0.3) is 0 Å². The molecular formula is C12H21N5O. The van der Waals surface area contributed by atoms with Crippen molar-refractivity contribution in [2.75, 3.05) is 26.3 Å². The Bertz CT molecular complexity index is 390. The van der Waals surface area contributed by atoms with Crippen LogP contribution in [0.3, 0.4) is 0 Å². The third-order valence-corrected chi connectivity index (χ3v) is 3.72. The van der Waals surface area contributed by atoms with Gasteiger partial charge in [-0.15, -0.1) is 0 Å². The molecule has 0 radical (unpaired) electrons. The summed E-state index contributed by atoms with van der Waals surface area (Å²) < 4.78 is 7.44. The smallest absolute Gasteiger partial charge is 0.140 e. The van der Waals surface area contributed by atoms with Crippen LogP contribution in [0, 0.1) is 0 Å². The van der Waals surface area contributed by atoms with Crippen molar-refractivity contribution >= 4 is 0 Å². The predicted octanol–water partition coefficient (Wildman–Crippen LogP) is -0.232. The molecule has 0 aromatic carbocycles.